The minimum Gasteiger partial charge on any atom is -0.450 e. The first-order chi connectivity index (χ1) is 13.3. The van der Waals surface area contributed by atoms with Crippen LogP contribution in [0.3, 0.4) is 0 Å². The maximum Gasteiger partial charge on any atom is 0.374 e. The topological polar surface area (TPSA) is 85.6 Å². The second-order valence-electron chi connectivity index (χ2n) is 6.68. The van der Waals surface area contributed by atoms with Crippen LogP contribution in [0.2, 0.25) is 0 Å². The summed E-state index contributed by atoms with van der Waals surface area (Å²) in [5, 5.41) is 3.16. The van der Waals surface area contributed by atoms with Crippen molar-refractivity contribution in [2.24, 2.45) is 0 Å². The van der Waals surface area contributed by atoms with E-state index in [0.717, 1.165) is 17.2 Å². The van der Waals surface area contributed by atoms with Crippen molar-refractivity contribution in [2.75, 3.05) is 6.61 Å². The summed E-state index contributed by atoms with van der Waals surface area (Å²) in [4.78, 5) is 36.3. The zero-order chi connectivity index (χ0) is 20.3. The van der Waals surface area contributed by atoms with Crippen LogP contribution in [-0.4, -0.2) is 18.5 Å². The van der Waals surface area contributed by atoms with Crippen LogP contribution >= 0.6 is 0 Å². The molecule has 2 aromatic carbocycles. The van der Waals surface area contributed by atoms with Gasteiger partial charge in [0, 0.05) is 6.07 Å². The van der Waals surface area contributed by atoms with Crippen molar-refractivity contribution in [3.63, 3.8) is 0 Å². The van der Waals surface area contributed by atoms with Gasteiger partial charge in [-0.2, -0.15) is 0 Å². The number of fused-ring (bicyclic) bond motifs is 1. The van der Waals surface area contributed by atoms with Gasteiger partial charge in [-0.3, -0.25) is 9.59 Å². The number of amides is 1. The number of hydrogen-bond acceptors (Lipinski definition) is 5. The Morgan fingerprint density at radius 3 is 2.57 bits per heavy atom. The molecule has 0 fully saturated rings. The first-order valence-corrected chi connectivity index (χ1v) is 8.91. The molecule has 1 aromatic heterocycles. The number of hydrogen-bond donors (Lipinski definition) is 1. The molecule has 0 aliphatic rings. The number of rotatable bonds is 5. The van der Waals surface area contributed by atoms with E-state index in [2.05, 4.69) is 5.32 Å². The largest absolute Gasteiger partial charge is 0.450 e. The van der Waals surface area contributed by atoms with E-state index in [4.69, 9.17) is 9.15 Å². The monoisotopic (exact) mass is 379 g/mol. The highest BCUT2D eigenvalue weighted by Gasteiger charge is 2.16. The number of nitrogens with one attached hydrogen (secondary N) is 1. The fraction of sp³-hybridized carbons (Fsp3) is 0.227. The smallest absolute Gasteiger partial charge is 0.374 e. The van der Waals surface area contributed by atoms with E-state index in [-0.39, 0.29) is 22.8 Å². The van der Waals surface area contributed by atoms with Gasteiger partial charge in [-0.25, -0.2) is 4.79 Å². The molecule has 3 aromatic rings. The fourth-order valence-corrected chi connectivity index (χ4v) is 2.81. The number of para-hydroxylation sites is 1. The Labute approximate surface area is 162 Å². The molecule has 6 heteroatoms. The third-order valence-electron chi connectivity index (χ3n) is 4.58. The molecular weight excluding hydrogens is 358 g/mol. The van der Waals surface area contributed by atoms with Crippen molar-refractivity contribution in [1.29, 1.82) is 0 Å². The number of esters is 1. The predicted molar refractivity (Wildman–Crippen MR) is 105 cm³/mol. The zero-order valence-electron chi connectivity index (χ0n) is 15.9. The van der Waals surface area contributed by atoms with E-state index in [1.165, 1.54) is 5.56 Å². The van der Waals surface area contributed by atoms with Crippen LogP contribution in [0.25, 0.3) is 11.0 Å². The molecule has 0 aliphatic heterocycles. The Hall–Kier alpha value is -3.41. The van der Waals surface area contributed by atoms with E-state index in [0.29, 0.717) is 5.39 Å². The molecule has 0 radical (unpaired) electrons. The molecule has 144 valence electrons. The average molecular weight is 379 g/mol. The normalized spacial score (nSPS) is 11.8. The molecule has 0 saturated heterocycles. The summed E-state index contributed by atoms with van der Waals surface area (Å²) in [5.74, 6) is -1.54. The van der Waals surface area contributed by atoms with Gasteiger partial charge in [0.1, 0.15) is 5.58 Å². The summed E-state index contributed by atoms with van der Waals surface area (Å²) in [6, 6.07) is 13.4. The molecule has 3 rings (SSSR count). The number of carbonyl (C=O) groups excluding carboxylic acids is 2. The minimum absolute atomic E-state index is 0.232. The third kappa shape index (κ3) is 4.28. The van der Waals surface area contributed by atoms with Gasteiger partial charge in [0.05, 0.1) is 11.4 Å². The Morgan fingerprint density at radius 1 is 1.07 bits per heavy atom. The van der Waals surface area contributed by atoms with Crippen molar-refractivity contribution in [3.8, 4) is 0 Å². The summed E-state index contributed by atoms with van der Waals surface area (Å²) in [5.41, 5.74) is 3.21. The number of aryl methyl sites for hydroxylation is 2. The SMILES string of the molecule is Cc1ccc([C@@H](C)NC(=O)COC(=O)c2cc(=O)c3ccccc3o2)cc1C. The quantitative estimate of drug-likeness (QED) is 0.687. The van der Waals surface area contributed by atoms with Crippen molar-refractivity contribution in [1.82, 2.24) is 5.32 Å². The molecule has 0 bridgehead atoms. The number of benzene rings is 2. The molecule has 28 heavy (non-hydrogen) atoms. The van der Waals surface area contributed by atoms with Crippen molar-refractivity contribution >= 4 is 22.8 Å². The van der Waals surface area contributed by atoms with Crippen LogP contribution in [0, 0.1) is 13.8 Å². The van der Waals surface area contributed by atoms with Gasteiger partial charge in [-0.1, -0.05) is 30.3 Å². The Kier molecular flexibility index (Phi) is 5.59. The predicted octanol–water partition coefficient (Wildman–Crippen LogP) is 3.44. The lowest BCUT2D eigenvalue weighted by molar-refractivity contribution is -0.124. The highest BCUT2D eigenvalue weighted by atomic mass is 16.5. The maximum absolute atomic E-state index is 12.1. The third-order valence-corrected chi connectivity index (χ3v) is 4.58. The lowest BCUT2D eigenvalue weighted by Gasteiger charge is -2.15. The second-order valence-corrected chi connectivity index (χ2v) is 6.68. The van der Waals surface area contributed by atoms with Crippen molar-refractivity contribution < 1.29 is 18.7 Å². The molecular formula is C22H21NO5. The number of ether oxygens (including phenoxy) is 1. The van der Waals surface area contributed by atoms with E-state index in [1.54, 1.807) is 24.3 Å². The van der Waals surface area contributed by atoms with E-state index >= 15 is 0 Å². The zero-order valence-corrected chi connectivity index (χ0v) is 15.9. The van der Waals surface area contributed by atoms with Gasteiger partial charge in [0.15, 0.2) is 12.0 Å². The summed E-state index contributed by atoms with van der Waals surface area (Å²) >= 11 is 0. The van der Waals surface area contributed by atoms with Crippen LogP contribution < -0.4 is 10.7 Å². The number of carbonyl (C=O) groups is 2. The second kappa shape index (κ2) is 8.08. The summed E-state index contributed by atoms with van der Waals surface area (Å²) in [6.07, 6.45) is 0. The van der Waals surface area contributed by atoms with E-state index in [9.17, 15) is 14.4 Å². The standard InChI is InChI=1S/C22H21NO5/c1-13-8-9-16(10-14(13)2)15(3)23-21(25)12-27-22(26)20-11-18(24)17-6-4-5-7-19(17)28-20/h4-11,15H,12H2,1-3H3,(H,23,25)/t15-/m1/s1. The molecule has 1 amide bonds. The maximum atomic E-state index is 12.1. The molecule has 0 unspecified atom stereocenters. The fourth-order valence-electron chi connectivity index (χ4n) is 2.81. The Bertz CT molecular complexity index is 1100. The van der Waals surface area contributed by atoms with Gasteiger partial charge in [-0.05, 0) is 49.6 Å². The molecule has 1 N–H and O–H groups in total. The Balaban J connectivity index is 1.62. The summed E-state index contributed by atoms with van der Waals surface area (Å²) < 4.78 is 10.4. The van der Waals surface area contributed by atoms with Gasteiger partial charge < -0.3 is 14.5 Å². The van der Waals surface area contributed by atoms with Gasteiger partial charge >= 0.3 is 5.97 Å². The van der Waals surface area contributed by atoms with E-state index < -0.39 is 18.5 Å². The lowest BCUT2D eigenvalue weighted by atomic mass is 10.0. The summed E-state index contributed by atoms with van der Waals surface area (Å²) in [6.45, 7) is 5.41. The van der Waals surface area contributed by atoms with Crippen LogP contribution in [0.1, 0.15) is 40.2 Å². The molecule has 0 aliphatic carbocycles. The lowest BCUT2D eigenvalue weighted by Crippen LogP contribution is -2.31. The summed E-state index contributed by atoms with van der Waals surface area (Å²) in [7, 11) is 0. The first-order valence-electron chi connectivity index (χ1n) is 8.91. The van der Waals surface area contributed by atoms with Gasteiger partial charge in [-0.15, -0.1) is 0 Å². The first kappa shape index (κ1) is 19.4. The van der Waals surface area contributed by atoms with Crippen LogP contribution in [0.5, 0.6) is 0 Å². The highest BCUT2D eigenvalue weighted by molar-refractivity contribution is 5.90. The van der Waals surface area contributed by atoms with Gasteiger partial charge in [0.25, 0.3) is 5.91 Å². The van der Waals surface area contributed by atoms with Crippen LogP contribution in [0.4, 0.5) is 0 Å². The average Bonchev–Trinajstić information content (AvgIpc) is 2.68. The van der Waals surface area contributed by atoms with E-state index in [1.807, 2.05) is 39.0 Å². The van der Waals surface area contributed by atoms with Crippen LogP contribution in [0.15, 0.2) is 57.7 Å². The molecule has 0 spiro atoms. The van der Waals surface area contributed by atoms with Gasteiger partial charge in [0.2, 0.25) is 5.76 Å². The molecule has 1 atom stereocenters. The molecule has 6 nitrogen and oxygen atoms in total. The van der Waals surface area contributed by atoms with Crippen molar-refractivity contribution in [2.45, 2.75) is 26.8 Å². The molecule has 0 saturated carbocycles. The Morgan fingerprint density at radius 2 is 1.82 bits per heavy atom. The highest BCUT2D eigenvalue weighted by Crippen LogP contribution is 2.17. The minimum atomic E-state index is -0.864. The molecule has 1 heterocycles. The van der Waals surface area contributed by atoms with Crippen LogP contribution in [-0.2, 0) is 9.53 Å². The van der Waals surface area contributed by atoms with Crippen molar-refractivity contribution in [3.05, 3.63) is 81.2 Å².